The monoisotopic (exact) mass is 199 g/mol. The Morgan fingerprint density at radius 1 is 1.57 bits per heavy atom. The molecule has 14 heavy (non-hydrogen) atoms. The molecule has 0 radical (unpaired) electrons. The van der Waals surface area contributed by atoms with Gasteiger partial charge in [-0.2, -0.15) is 5.21 Å². The van der Waals surface area contributed by atoms with E-state index in [1.165, 1.54) is 0 Å². The molecule has 0 bridgehead atoms. The number of β-amino-alcohol motifs (C(OH)–C–C–N with tert-alkyl or cyclic N) is 1. The molecular weight excluding hydrogens is 186 g/mol. The molecular formula is C7H13N5O2. The summed E-state index contributed by atoms with van der Waals surface area (Å²) in [5.74, 6) is 0.604. The van der Waals surface area contributed by atoms with Gasteiger partial charge < -0.3 is 10.2 Å². The zero-order valence-electron chi connectivity index (χ0n) is 7.72. The zero-order chi connectivity index (χ0) is 10.0. The van der Waals surface area contributed by atoms with E-state index in [1.807, 2.05) is 4.90 Å². The normalized spacial score (nSPS) is 28.4. The molecule has 1 aromatic rings. The summed E-state index contributed by atoms with van der Waals surface area (Å²) in [6.45, 7) is 1.55. The molecule has 7 nitrogen and oxygen atoms in total. The fraction of sp³-hybridized carbons (Fsp3) is 0.857. The van der Waals surface area contributed by atoms with Crippen LogP contribution in [0.3, 0.4) is 0 Å². The average molecular weight is 199 g/mol. The van der Waals surface area contributed by atoms with Gasteiger partial charge in [0.15, 0.2) is 5.82 Å². The number of rotatable bonds is 3. The van der Waals surface area contributed by atoms with Crippen LogP contribution in [-0.2, 0) is 6.54 Å². The van der Waals surface area contributed by atoms with Crippen molar-refractivity contribution in [1.82, 2.24) is 25.5 Å². The summed E-state index contributed by atoms with van der Waals surface area (Å²) in [4.78, 5) is 1.99. The van der Waals surface area contributed by atoms with Gasteiger partial charge in [0.1, 0.15) is 5.60 Å². The first-order valence-corrected chi connectivity index (χ1v) is 4.50. The quantitative estimate of drug-likeness (QED) is 0.527. The van der Waals surface area contributed by atoms with Crippen molar-refractivity contribution in [1.29, 1.82) is 0 Å². The Balaban J connectivity index is 1.90. The summed E-state index contributed by atoms with van der Waals surface area (Å²) in [6, 6.07) is 0. The van der Waals surface area contributed by atoms with Crippen molar-refractivity contribution in [2.24, 2.45) is 0 Å². The summed E-state index contributed by atoms with van der Waals surface area (Å²) >= 11 is 0. The molecule has 0 spiro atoms. The van der Waals surface area contributed by atoms with Gasteiger partial charge in [-0.1, -0.05) is 5.21 Å². The summed E-state index contributed by atoms with van der Waals surface area (Å²) < 4.78 is 0. The molecule has 0 aromatic carbocycles. The zero-order valence-corrected chi connectivity index (χ0v) is 7.72. The van der Waals surface area contributed by atoms with Crippen LogP contribution in [0.4, 0.5) is 0 Å². The van der Waals surface area contributed by atoms with E-state index in [0.29, 0.717) is 25.3 Å². The molecule has 1 unspecified atom stereocenters. The lowest BCUT2D eigenvalue weighted by molar-refractivity contribution is -0.00595. The largest absolute Gasteiger partial charge is 0.393 e. The SMILES string of the molecule is OCC1(O)CCN(Cc2nn[nH]n2)C1. The molecule has 3 N–H and O–H groups in total. The Morgan fingerprint density at radius 3 is 3.00 bits per heavy atom. The highest BCUT2D eigenvalue weighted by atomic mass is 16.3. The van der Waals surface area contributed by atoms with Gasteiger partial charge in [-0.25, -0.2) is 0 Å². The molecule has 2 heterocycles. The molecule has 1 atom stereocenters. The Labute approximate surface area is 80.7 Å². The van der Waals surface area contributed by atoms with Crippen molar-refractivity contribution >= 4 is 0 Å². The Kier molecular flexibility index (Phi) is 2.44. The standard InChI is InChI=1S/C7H13N5O2/c13-5-7(14)1-2-12(4-7)3-6-8-10-11-9-6/h13-14H,1-5H2,(H,8,9,10,11). The van der Waals surface area contributed by atoms with Crippen LogP contribution in [0.5, 0.6) is 0 Å². The number of aliphatic hydroxyl groups excluding tert-OH is 1. The van der Waals surface area contributed by atoms with Crippen molar-refractivity contribution in [3.8, 4) is 0 Å². The number of nitrogens with one attached hydrogen (secondary N) is 1. The molecule has 1 aliphatic rings. The van der Waals surface area contributed by atoms with Gasteiger partial charge in [0, 0.05) is 13.1 Å². The predicted octanol–water partition coefficient (Wildman–Crippen LogP) is -1.87. The van der Waals surface area contributed by atoms with Gasteiger partial charge in [0.2, 0.25) is 0 Å². The lowest BCUT2D eigenvalue weighted by Crippen LogP contribution is -2.36. The van der Waals surface area contributed by atoms with Crippen LogP contribution in [0.25, 0.3) is 0 Å². The molecule has 2 rings (SSSR count). The Bertz CT molecular complexity index is 290. The summed E-state index contributed by atoms with van der Waals surface area (Å²) in [5, 5.41) is 32.1. The van der Waals surface area contributed by atoms with E-state index in [9.17, 15) is 5.11 Å². The molecule has 1 fully saturated rings. The molecule has 7 heteroatoms. The third-order valence-electron chi connectivity index (χ3n) is 2.46. The molecule has 0 amide bonds. The van der Waals surface area contributed by atoms with E-state index in [2.05, 4.69) is 20.6 Å². The molecule has 1 aromatic heterocycles. The van der Waals surface area contributed by atoms with Crippen LogP contribution in [0.2, 0.25) is 0 Å². The van der Waals surface area contributed by atoms with Crippen LogP contribution in [0, 0.1) is 0 Å². The second-order valence-electron chi connectivity index (χ2n) is 3.67. The highest BCUT2D eigenvalue weighted by Crippen LogP contribution is 2.21. The molecule has 1 saturated heterocycles. The number of nitrogens with zero attached hydrogens (tertiary/aromatic N) is 4. The Hall–Kier alpha value is -1.05. The lowest BCUT2D eigenvalue weighted by atomic mass is 10.1. The second kappa shape index (κ2) is 3.60. The third kappa shape index (κ3) is 1.89. The van der Waals surface area contributed by atoms with Crippen molar-refractivity contribution < 1.29 is 10.2 Å². The minimum atomic E-state index is -0.955. The van der Waals surface area contributed by atoms with E-state index in [4.69, 9.17) is 5.11 Å². The van der Waals surface area contributed by atoms with Crippen molar-refractivity contribution in [2.45, 2.75) is 18.6 Å². The number of hydrogen-bond donors (Lipinski definition) is 3. The Morgan fingerprint density at radius 2 is 2.43 bits per heavy atom. The van der Waals surface area contributed by atoms with E-state index in [1.54, 1.807) is 0 Å². The first kappa shape index (κ1) is 9.50. The first-order chi connectivity index (χ1) is 6.72. The predicted molar refractivity (Wildman–Crippen MR) is 46.1 cm³/mol. The molecule has 78 valence electrons. The topological polar surface area (TPSA) is 98.2 Å². The minimum Gasteiger partial charge on any atom is -0.393 e. The summed E-state index contributed by atoms with van der Waals surface area (Å²) in [6.07, 6.45) is 0.585. The van der Waals surface area contributed by atoms with Crippen molar-refractivity contribution in [2.75, 3.05) is 19.7 Å². The summed E-state index contributed by atoms with van der Waals surface area (Å²) in [7, 11) is 0. The maximum absolute atomic E-state index is 9.74. The van der Waals surface area contributed by atoms with Gasteiger partial charge in [-0.3, -0.25) is 4.90 Å². The fourth-order valence-corrected chi connectivity index (χ4v) is 1.65. The van der Waals surface area contributed by atoms with Crippen LogP contribution >= 0.6 is 0 Å². The highest BCUT2D eigenvalue weighted by molar-refractivity contribution is 4.91. The van der Waals surface area contributed by atoms with Crippen molar-refractivity contribution in [3.63, 3.8) is 0 Å². The molecule has 0 saturated carbocycles. The lowest BCUT2D eigenvalue weighted by Gasteiger charge is -2.19. The van der Waals surface area contributed by atoms with Gasteiger partial charge in [0.05, 0.1) is 13.2 Å². The minimum absolute atomic E-state index is 0.199. The number of likely N-dealkylation sites (tertiary alicyclic amines) is 1. The van der Waals surface area contributed by atoms with Crippen LogP contribution in [-0.4, -0.2) is 61.0 Å². The number of tetrazole rings is 1. The number of H-pyrrole nitrogens is 1. The number of aliphatic hydroxyl groups is 2. The number of aromatic amines is 1. The fourth-order valence-electron chi connectivity index (χ4n) is 1.65. The van der Waals surface area contributed by atoms with E-state index >= 15 is 0 Å². The van der Waals surface area contributed by atoms with E-state index < -0.39 is 5.60 Å². The second-order valence-corrected chi connectivity index (χ2v) is 3.67. The van der Waals surface area contributed by atoms with Gasteiger partial charge in [0.25, 0.3) is 0 Å². The molecule has 1 aliphatic heterocycles. The number of hydrogen-bond acceptors (Lipinski definition) is 6. The first-order valence-electron chi connectivity index (χ1n) is 4.50. The average Bonchev–Trinajstić information content (AvgIpc) is 2.78. The maximum Gasteiger partial charge on any atom is 0.188 e. The van der Waals surface area contributed by atoms with Crippen LogP contribution < -0.4 is 0 Å². The van der Waals surface area contributed by atoms with Gasteiger partial charge >= 0.3 is 0 Å². The van der Waals surface area contributed by atoms with Gasteiger partial charge in [-0.15, -0.1) is 10.2 Å². The smallest absolute Gasteiger partial charge is 0.188 e. The summed E-state index contributed by atoms with van der Waals surface area (Å²) in [5.41, 5.74) is -0.955. The van der Waals surface area contributed by atoms with Crippen LogP contribution in [0.15, 0.2) is 0 Å². The number of aromatic nitrogens is 4. The van der Waals surface area contributed by atoms with Crippen molar-refractivity contribution in [3.05, 3.63) is 5.82 Å². The highest BCUT2D eigenvalue weighted by Gasteiger charge is 2.35. The third-order valence-corrected chi connectivity index (χ3v) is 2.46. The van der Waals surface area contributed by atoms with E-state index in [-0.39, 0.29) is 6.61 Å². The molecule has 0 aliphatic carbocycles. The maximum atomic E-state index is 9.74. The van der Waals surface area contributed by atoms with E-state index in [0.717, 1.165) is 6.54 Å². The van der Waals surface area contributed by atoms with Crippen LogP contribution in [0.1, 0.15) is 12.2 Å². The van der Waals surface area contributed by atoms with Gasteiger partial charge in [-0.05, 0) is 6.42 Å².